The van der Waals surface area contributed by atoms with Crippen molar-refractivity contribution >= 4 is 10.0 Å². The third-order valence-electron chi connectivity index (χ3n) is 3.01. The number of hydrogen-bond acceptors (Lipinski definition) is 5. The molecule has 2 N–H and O–H groups in total. The SMILES string of the molecule is CC1COC(CO)CN1S(=O)(=O)c1ccc(=O)[nH]c1. The molecule has 2 atom stereocenters. The number of aliphatic hydroxyl groups is 1. The molecule has 106 valence electrons. The molecule has 0 radical (unpaired) electrons. The molecule has 7 nitrogen and oxygen atoms in total. The lowest BCUT2D eigenvalue weighted by Gasteiger charge is -2.36. The maximum atomic E-state index is 12.4. The van der Waals surface area contributed by atoms with Crippen LogP contribution in [0.3, 0.4) is 0 Å². The number of aromatic nitrogens is 1. The molecular formula is C11H16N2O5S. The monoisotopic (exact) mass is 288 g/mol. The number of nitrogens with zero attached hydrogens (tertiary/aromatic N) is 1. The Labute approximate surface area is 110 Å². The summed E-state index contributed by atoms with van der Waals surface area (Å²) >= 11 is 0. The summed E-state index contributed by atoms with van der Waals surface area (Å²) in [6.07, 6.45) is 0.655. The van der Waals surface area contributed by atoms with E-state index in [2.05, 4.69) is 4.98 Å². The minimum Gasteiger partial charge on any atom is -0.394 e. The molecule has 0 bridgehead atoms. The van der Waals surface area contributed by atoms with Gasteiger partial charge in [0.25, 0.3) is 0 Å². The van der Waals surface area contributed by atoms with Gasteiger partial charge in [-0.2, -0.15) is 4.31 Å². The van der Waals surface area contributed by atoms with Crippen LogP contribution in [0.1, 0.15) is 6.92 Å². The summed E-state index contributed by atoms with van der Waals surface area (Å²) in [5.41, 5.74) is -0.359. The van der Waals surface area contributed by atoms with E-state index < -0.39 is 16.1 Å². The topological polar surface area (TPSA) is 99.7 Å². The average molecular weight is 288 g/mol. The maximum absolute atomic E-state index is 12.4. The van der Waals surface area contributed by atoms with Gasteiger partial charge in [-0.15, -0.1) is 0 Å². The summed E-state index contributed by atoms with van der Waals surface area (Å²) < 4.78 is 31.5. The Kier molecular flexibility index (Phi) is 4.04. The Balaban J connectivity index is 2.32. The molecule has 0 spiro atoms. The maximum Gasteiger partial charge on any atom is 0.247 e. The number of aliphatic hydroxyl groups excluding tert-OH is 1. The smallest absolute Gasteiger partial charge is 0.247 e. The molecule has 0 aromatic carbocycles. The van der Waals surface area contributed by atoms with Crippen LogP contribution in [-0.4, -0.2) is 54.7 Å². The van der Waals surface area contributed by atoms with Crippen molar-refractivity contribution in [2.24, 2.45) is 0 Å². The Hall–Kier alpha value is -1.22. The van der Waals surface area contributed by atoms with Gasteiger partial charge in [0.1, 0.15) is 0 Å². The van der Waals surface area contributed by atoms with Crippen LogP contribution in [0.25, 0.3) is 0 Å². The molecule has 1 fully saturated rings. The number of nitrogens with one attached hydrogen (secondary N) is 1. The third-order valence-corrected chi connectivity index (χ3v) is 4.99. The molecule has 2 unspecified atom stereocenters. The summed E-state index contributed by atoms with van der Waals surface area (Å²) in [6.45, 7) is 1.83. The van der Waals surface area contributed by atoms with Crippen LogP contribution in [0.5, 0.6) is 0 Å². The highest BCUT2D eigenvalue weighted by molar-refractivity contribution is 7.89. The lowest BCUT2D eigenvalue weighted by molar-refractivity contribution is -0.0516. The van der Waals surface area contributed by atoms with Crippen LogP contribution < -0.4 is 5.56 Å². The van der Waals surface area contributed by atoms with E-state index in [1.165, 1.54) is 22.6 Å². The van der Waals surface area contributed by atoms with Crippen molar-refractivity contribution in [2.75, 3.05) is 19.8 Å². The fourth-order valence-electron chi connectivity index (χ4n) is 1.93. The third kappa shape index (κ3) is 2.86. The molecule has 1 aromatic heterocycles. The van der Waals surface area contributed by atoms with Crippen molar-refractivity contribution in [2.45, 2.75) is 24.0 Å². The minimum absolute atomic E-state index is 0.0255. The first-order valence-electron chi connectivity index (χ1n) is 5.88. The van der Waals surface area contributed by atoms with E-state index in [4.69, 9.17) is 9.84 Å². The van der Waals surface area contributed by atoms with Crippen LogP contribution in [0.15, 0.2) is 28.0 Å². The second kappa shape index (κ2) is 5.41. The van der Waals surface area contributed by atoms with Crippen molar-refractivity contribution < 1.29 is 18.3 Å². The number of sulfonamides is 1. The van der Waals surface area contributed by atoms with Crippen molar-refractivity contribution in [3.05, 3.63) is 28.7 Å². The predicted molar refractivity (Wildman–Crippen MR) is 67.2 cm³/mol. The van der Waals surface area contributed by atoms with E-state index >= 15 is 0 Å². The van der Waals surface area contributed by atoms with E-state index in [1.807, 2.05) is 0 Å². The van der Waals surface area contributed by atoms with Crippen LogP contribution in [0.4, 0.5) is 0 Å². The largest absolute Gasteiger partial charge is 0.394 e. The summed E-state index contributed by atoms with van der Waals surface area (Å²) in [5, 5.41) is 9.07. The molecule has 0 amide bonds. The fraction of sp³-hybridized carbons (Fsp3) is 0.545. The summed E-state index contributed by atoms with van der Waals surface area (Å²) in [7, 11) is -3.70. The Morgan fingerprint density at radius 2 is 2.26 bits per heavy atom. The Morgan fingerprint density at radius 1 is 1.53 bits per heavy atom. The van der Waals surface area contributed by atoms with Gasteiger partial charge < -0.3 is 14.8 Å². The van der Waals surface area contributed by atoms with Crippen molar-refractivity contribution in [3.63, 3.8) is 0 Å². The van der Waals surface area contributed by atoms with E-state index in [9.17, 15) is 13.2 Å². The standard InChI is InChI=1S/C11H16N2O5S/c1-8-7-18-9(6-14)5-13(8)19(16,17)10-2-3-11(15)12-4-10/h2-4,8-9,14H,5-7H2,1H3,(H,12,15). The van der Waals surface area contributed by atoms with Crippen LogP contribution in [0, 0.1) is 0 Å². The lowest BCUT2D eigenvalue weighted by atomic mass is 10.2. The first-order chi connectivity index (χ1) is 8.95. The highest BCUT2D eigenvalue weighted by Gasteiger charge is 2.35. The van der Waals surface area contributed by atoms with Crippen molar-refractivity contribution in [3.8, 4) is 0 Å². The number of rotatable bonds is 3. The molecule has 19 heavy (non-hydrogen) atoms. The van der Waals surface area contributed by atoms with Gasteiger partial charge in [-0.3, -0.25) is 4.79 Å². The molecule has 1 saturated heterocycles. The van der Waals surface area contributed by atoms with Crippen LogP contribution in [-0.2, 0) is 14.8 Å². The zero-order valence-corrected chi connectivity index (χ0v) is 11.3. The number of H-pyrrole nitrogens is 1. The highest BCUT2D eigenvalue weighted by Crippen LogP contribution is 2.21. The number of aromatic amines is 1. The van der Waals surface area contributed by atoms with Gasteiger partial charge in [-0.05, 0) is 13.0 Å². The molecule has 2 heterocycles. The van der Waals surface area contributed by atoms with Gasteiger partial charge >= 0.3 is 0 Å². The molecule has 1 aliphatic heterocycles. The van der Waals surface area contributed by atoms with Gasteiger partial charge in [0, 0.05) is 24.8 Å². The van der Waals surface area contributed by atoms with Gasteiger partial charge in [-0.1, -0.05) is 0 Å². The van der Waals surface area contributed by atoms with Crippen molar-refractivity contribution in [1.82, 2.24) is 9.29 Å². The molecule has 2 rings (SSSR count). The van der Waals surface area contributed by atoms with E-state index in [1.54, 1.807) is 6.92 Å². The highest BCUT2D eigenvalue weighted by atomic mass is 32.2. The zero-order valence-electron chi connectivity index (χ0n) is 10.4. The number of hydrogen-bond donors (Lipinski definition) is 2. The molecule has 0 saturated carbocycles. The summed E-state index contributed by atoms with van der Waals surface area (Å²) in [4.78, 5) is 13.3. The normalized spacial score (nSPS) is 25.4. The summed E-state index contributed by atoms with van der Waals surface area (Å²) in [5.74, 6) is 0. The lowest BCUT2D eigenvalue weighted by Crippen LogP contribution is -2.51. The van der Waals surface area contributed by atoms with E-state index in [-0.39, 0.29) is 36.3 Å². The quantitative estimate of drug-likeness (QED) is 0.754. The molecule has 0 aliphatic carbocycles. The van der Waals surface area contributed by atoms with Crippen LogP contribution >= 0.6 is 0 Å². The van der Waals surface area contributed by atoms with Crippen molar-refractivity contribution in [1.29, 1.82) is 0 Å². The number of ether oxygens (including phenoxy) is 1. The summed E-state index contributed by atoms with van der Waals surface area (Å²) in [6, 6.07) is 2.12. The number of morpholine rings is 1. The zero-order chi connectivity index (χ0) is 14.0. The van der Waals surface area contributed by atoms with Gasteiger partial charge in [0.15, 0.2) is 0 Å². The van der Waals surface area contributed by atoms with Gasteiger partial charge in [-0.25, -0.2) is 8.42 Å². The second-order valence-corrected chi connectivity index (χ2v) is 6.34. The van der Waals surface area contributed by atoms with Crippen LogP contribution in [0.2, 0.25) is 0 Å². The second-order valence-electron chi connectivity index (χ2n) is 4.45. The molecule has 1 aromatic rings. The fourth-order valence-corrected chi connectivity index (χ4v) is 3.55. The first-order valence-corrected chi connectivity index (χ1v) is 7.32. The van der Waals surface area contributed by atoms with E-state index in [0.717, 1.165) is 0 Å². The predicted octanol–water partition coefficient (Wildman–Crippen LogP) is -0.855. The molecule has 1 aliphatic rings. The Bertz CT molecular complexity index is 577. The minimum atomic E-state index is -3.70. The first kappa shape index (κ1) is 14.2. The Morgan fingerprint density at radius 3 is 2.84 bits per heavy atom. The van der Waals surface area contributed by atoms with Gasteiger partial charge in [0.2, 0.25) is 15.6 Å². The van der Waals surface area contributed by atoms with E-state index in [0.29, 0.717) is 0 Å². The van der Waals surface area contributed by atoms with Gasteiger partial charge in [0.05, 0.1) is 24.2 Å². The molecule has 8 heteroatoms. The number of pyridine rings is 1. The molecular weight excluding hydrogens is 272 g/mol. The average Bonchev–Trinajstić information content (AvgIpc) is 2.39.